The van der Waals surface area contributed by atoms with E-state index in [4.69, 9.17) is 4.42 Å². The summed E-state index contributed by atoms with van der Waals surface area (Å²) in [4.78, 5) is 15.6. The van der Waals surface area contributed by atoms with Crippen molar-refractivity contribution in [3.8, 4) is 0 Å². The number of hydrogen-bond donors (Lipinski definition) is 1. The fourth-order valence-corrected chi connectivity index (χ4v) is 1.48. The van der Waals surface area contributed by atoms with Gasteiger partial charge in [0, 0.05) is 15.8 Å². The third kappa shape index (κ3) is 3.70. The Labute approximate surface area is 112 Å². The van der Waals surface area contributed by atoms with Crippen molar-refractivity contribution < 1.29 is 9.21 Å². The molecule has 2 heterocycles. The molecule has 2 rings (SSSR count). The van der Waals surface area contributed by atoms with E-state index < -0.39 is 0 Å². The zero-order valence-electron chi connectivity index (χ0n) is 8.76. The molecule has 1 amide bonds. The summed E-state index contributed by atoms with van der Waals surface area (Å²) in [6.07, 6.45) is 6.24. The number of aromatic nitrogens is 1. The lowest BCUT2D eigenvalue weighted by atomic mass is 10.4. The normalized spacial score (nSPS) is 10.6. The van der Waals surface area contributed by atoms with Crippen LogP contribution in [0.2, 0.25) is 0 Å². The Hall–Kier alpha value is -1.63. The minimum Gasteiger partial charge on any atom is -0.465 e. The van der Waals surface area contributed by atoms with Crippen molar-refractivity contribution in [1.82, 2.24) is 4.98 Å². The molecule has 5 heteroatoms. The van der Waals surface area contributed by atoms with Gasteiger partial charge in [0.2, 0.25) is 5.91 Å². The highest BCUT2D eigenvalue weighted by Crippen LogP contribution is 2.07. The maximum atomic E-state index is 11.5. The van der Waals surface area contributed by atoms with Gasteiger partial charge in [-0.2, -0.15) is 0 Å². The standard InChI is InChI=1S/C12H9IN2O2/c13-9-3-5-11(14-8-9)15-12(16)6-4-10-2-1-7-17-10/h1-8H,(H,14,15,16)/b6-4+. The molecule has 0 aliphatic rings. The second-order valence-electron chi connectivity index (χ2n) is 3.20. The number of amides is 1. The molecule has 0 aliphatic carbocycles. The van der Waals surface area contributed by atoms with Gasteiger partial charge in [-0.25, -0.2) is 4.98 Å². The van der Waals surface area contributed by atoms with Crippen LogP contribution in [0.3, 0.4) is 0 Å². The van der Waals surface area contributed by atoms with Gasteiger partial charge in [0.1, 0.15) is 11.6 Å². The molecule has 1 N–H and O–H groups in total. The number of rotatable bonds is 3. The lowest BCUT2D eigenvalue weighted by Gasteiger charge is -1.99. The van der Waals surface area contributed by atoms with Crippen LogP contribution in [0.25, 0.3) is 6.08 Å². The van der Waals surface area contributed by atoms with E-state index in [1.54, 1.807) is 36.7 Å². The molecular formula is C12H9IN2O2. The van der Waals surface area contributed by atoms with E-state index in [1.165, 1.54) is 6.08 Å². The van der Waals surface area contributed by atoms with E-state index in [2.05, 4.69) is 32.9 Å². The van der Waals surface area contributed by atoms with Crippen LogP contribution in [0.4, 0.5) is 5.82 Å². The maximum Gasteiger partial charge on any atom is 0.249 e. The van der Waals surface area contributed by atoms with Gasteiger partial charge in [0.15, 0.2) is 0 Å². The monoisotopic (exact) mass is 340 g/mol. The number of hydrogen-bond acceptors (Lipinski definition) is 3. The minimum absolute atomic E-state index is 0.241. The van der Waals surface area contributed by atoms with Gasteiger partial charge in [-0.1, -0.05) is 0 Å². The van der Waals surface area contributed by atoms with Crippen molar-refractivity contribution in [2.45, 2.75) is 0 Å². The van der Waals surface area contributed by atoms with Gasteiger partial charge in [-0.15, -0.1) is 0 Å². The second-order valence-corrected chi connectivity index (χ2v) is 4.45. The molecule has 86 valence electrons. The minimum atomic E-state index is -0.241. The SMILES string of the molecule is O=C(/C=C/c1ccco1)Nc1ccc(I)cn1. The Balaban J connectivity index is 1.95. The number of furan rings is 1. The molecule has 2 aromatic rings. The molecule has 17 heavy (non-hydrogen) atoms. The number of halogens is 1. The van der Waals surface area contributed by atoms with Crippen LogP contribution in [0.1, 0.15) is 5.76 Å². The lowest BCUT2D eigenvalue weighted by Crippen LogP contribution is -2.08. The Morgan fingerprint density at radius 1 is 1.41 bits per heavy atom. The van der Waals surface area contributed by atoms with E-state index in [1.807, 2.05) is 6.07 Å². The first-order chi connectivity index (χ1) is 8.24. The number of pyridine rings is 1. The summed E-state index contributed by atoms with van der Waals surface area (Å²) >= 11 is 2.15. The van der Waals surface area contributed by atoms with Crippen molar-refractivity contribution in [2.75, 3.05) is 5.32 Å². The molecule has 0 atom stereocenters. The van der Waals surface area contributed by atoms with Crippen LogP contribution in [0, 0.1) is 3.57 Å². The molecular weight excluding hydrogens is 331 g/mol. The second kappa shape index (κ2) is 5.62. The van der Waals surface area contributed by atoms with Crippen molar-refractivity contribution in [3.05, 3.63) is 52.1 Å². The van der Waals surface area contributed by atoms with Crippen molar-refractivity contribution in [1.29, 1.82) is 0 Å². The average molecular weight is 340 g/mol. The smallest absolute Gasteiger partial charge is 0.249 e. The largest absolute Gasteiger partial charge is 0.465 e. The zero-order chi connectivity index (χ0) is 12.1. The fourth-order valence-electron chi connectivity index (χ4n) is 1.16. The van der Waals surface area contributed by atoms with E-state index in [0.29, 0.717) is 11.6 Å². The number of carbonyl (C=O) groups excluding carboxylic acids is 1. The van der Waals surface area contributed by atoms with E-state index >= 15 is 0 Å². The van der Waals surface area contributed by atoms with Crippen LogP contribution in [-0.2, 0) is 4.79 Å². The van der Waals surface area contributed by atoms with Crippen molar-refractivity contribution >= 4 is 40.4 Å². The first kappa shape index (κ1) is 11.8. The first-order valence-corrected chi connectivity index (χ1v) is 5.96. The Bertz CT molecular complexity index is 518. The van der Waals surface area contributed by atoms with Crippen molar-refractivity contribution in [3.63, 3.8) is 0 Å². The molecule has 0 bridgehead atoms. The predicted molar refractivity (Wildman–Crippen MR) is 73.3 cm³/mol. The first-order valence-electron chi connectivity index (χ1n) is 4.88. The number of nitrogens with zero attached hydrogens (tertiary/aromatic N) is 1. The lowest BCUT2D eigenvalue weighted by molar-refractivity contribution is -0.111. The molecule has 0 fully saturated rings. The highest BCUT2D eigenvalue weighted by molar-refractivity contribution is 14.1. The van der Waals surface area contributed by atoms with E-state index in [9.17, 15) is 4.79 Å². The maximum absolute atomic E-state index is 11.5. The summed E-state index contributed by atoms with van der Waals surface area (Å²) in [5, 5.41) is 2.65. The van der Waals surface area contributed by atoms with Gasteiger partial charge in [-0.05, 0) is 52.9 Å². The Morgan fingerprint density at radius 2 is 2.29 bits per heavy atom. The molecule has 0 spiro atoms. The number of carbonyl (C=O) groups is 1. The Morgan fingerprint density at radius 3 is 2.94 bits per heavy atom. The molecule has 0 saturated heterocycles. The predicted octanol–water partition coefficient (Wildman–Crippen LogP) is 2.93. The van der Waals surface area contributed by atoms with E-state index in [-0.39, 0.29) is 5.91 Å². The third-order valence-electron chi connectivity index (χ3n) is 1.92. The molecule has 0 aromatic carbocycles. The summed E-state index contributed by atoms with van der Waals surface area (Å²) < 4.78 is 6.09. The van der Waals surface area contributed by atoms with Crippen LogP contribution < -0.4 is 5.32 Å². The Kier molecular flexibility index (Phi) is 3.92. The summed E-state index contributed by atoms with van der Waals surface area (Å²) in [5.41, 5.74) is 0. The summed E-state index contributed by atoms with van der Waals surface area (Å²) in [5.74, 6) is 0.922. The third-order valence-corrected chi connectivity index (χ3v) is 2.56. The van der Waals surface area contributed by atoms with Crippen LogP contribution >= 0.6 is 22.6 Å². The van der Waals surface area contributed by atoms with E-state index in [0.717, 1.165) is 3.57 Å². The quantitative estimate of drug-likeness (QED) is 0.691. The highest BCUT2D eigenvalue weighted by atomic mass is 127. The van der Waals surface area contributed by atoms with Crippen LogP contribution in [0.5, 0.6) is 0 Å². The highest BCUT2D eigenvalue weighted by Gasteiger charge is 1.99. The summed E-state index contributed by atoms with van der Waals surface area (Å²) in [6.45, 7) is 0. The number of nitrogens with one attached hydrogen (secondary N) is 1. The summed E-state index contributed by atoms with van der Waals surface area (Å²) in [6, 6.07) is 7.16. The van der Waals surface area contributed by atoms with Crippen LogP contribution in [-0.4, -0.2) is 10.9 Å². The molecule has 0 unspecified atom stereocenters. The van der Waals surface area contributed by atoms with Gasteiger partial charge in [0.25, 0.3) is 0 Å². The van der Waals surface area contributed by atoms with Gasteiger partial charge >= 0.3 is 0 Å². The summed E-state index contributed by atoms with van der Waals surface area (Å²) in [7, 11) is 0. The average Bonchev–Trinajstić information content (AvgIpc) is 2.83. The van der Waals surface area contributed by atoms with Gasteiger partial charge < -0.3 is 9.73 Å². The molecule has 4 nitrogen and oxygen atoms in total. The number of anilines is 1. The molecule has 0 aliphatic heterocycles. The van der Waals surface area contributed by atoms with Gasteiger partial charge in [0.05, 0.1) is 6.26 Å². The topological polar surface area (TPSA) is 55.1 Å². The molecule has 0 saturated carbocycles. The van der Waals surface area contributed by atoms with Gasteiger partial charge in [-0.3, -0.25) is 4.79 Å². The van der Waals surface area contributed by atoms with Crippen LogP contribution in [0.15, 0.2) is 47.2 Å². The molecule has 0 radical (unpaired) electrons. The molecule has 2 aromatic heterocycles. The fraction of sp³-hybridized carbons (Fsp3) is 0. The van der Waals surface area contributed by atoms with Crippen molar-refractivity contribution in [2.24, 2.45) is 0 Å². The zero-order valence-corrected chi connectivity index (χ0v) is 10.9.